The van der Waals surface area contributed by atoms with Crippen molar-refractivity contribution in [2.45, 2.75) is 26.3 Å². The molecular formula is C23H26N4O3. The van der Waals surface area contributed by atoms with E-state index in [0.29, 0.717) is 24.2 Å². The summed E-state index contributed by atoms with van der Waals surface area (Å²) in [5, 5.41) is 4.89. The van der Waals surface area contributed by atoms with E-state index in [4.69, 9.17) is 0 Å². The highest BCUT2D eigenvalue weighted by Gasteiger charge is 2.43. The van der Waals surface area contributed by atoms with Gasteiger partial charge in [-0.05, 0) is 50.1 Å². The fraction of sp³-hybridized carbons (Fsp3) is 0.348. The van der Waals surface area contributed by atoms with Crippen LogP contribution in [0.3, 0.4) is 0 Å². The van der Waals surface area contributed by atoms with Crippen molar-refractivity contribution in [1.29, 1.82) is 0 Å². The van der Waals surface area contributed by atoms with Crippen molar-refractivity contribution in [2.75, 3.05) is 31.1 Å². The third kappa shape index (κ3) is 3.51. The smallest absolute Gasteiger partial charge is 0.322 e. The first-order chi connectivity index (χ1) is 14.3. The van der Waals surface area contributed by atoms with Crippen molar-refractivity contribution in [1.82, 2.24) is 15.5 Å². The highest BCUT2D eigenvalue weighted by molar-refractivity contribution is 6.07. The van der Waals surface area contributed by atoms with Crippen LogP contribution in [0.2, 0.25) is 0 Å². The standard InChI is InChI=1S/C23H26N4O3/c1-15-4-9-19(16(2)14-15)26-10-12-27(13-11-26)20(28)17-5-7-18(8-6-17)23(3)21(29)24-22(30)25-23/h4-9,14H,10-13H2,1-3H3,(H2,24,25,29,30). The molecule has 4 rings (SSSR count). The largest absolute Gasteiger partial charge is 0.368 e. The van der Waals surface area contributed by atoms with Gasteiger partial charge in [0.2, 0.25) is 0 Å². The number of nitrogens with one attached hydrogen (secondary N) is 2. The third-order valence-corrected chi connectivity index (χ3v) is 6.01. The van der Waals surface area contributed by atoms with Crippen LogP contribution in [0.1, 0.15) is 34.0 Å². The fourth-order valence-electron chi connectivity index (χ4n) is 4.19. The van der Waals surface area contributed by atoms with E-state index in [0.717, 1.165) is 13.1 Å². The van der Waals surface area contributed by atoms with Crippen molar-refractivity contribution in [2.24, 2.45) is 0 Å². The van der Waals surface area contributed by atoms with Crippen LogP contribution < -0.4 is 15.5 Å². The number of rotatable bonds is 3. The molecule has 2 N–H and O–H groups in total. The van der Waals surface area contributed by atoms with Crippen LogP contribution in [0.5, 0.6) is 0 Å². The number of carbonyl (C=O) groups is 3. The number of nitrogens with zero attached hydrogens (tertiary/aromatic N) is 2. The molecule has 0 aliphatic carbocycles. The number of aryl methyl sites for hydroxylation is 2. The molecule has 2 aliphatic heterocycles. The predicted molar refractivity (Wildman–Crippen MR) is 115 cm³/mol. The Morgan fingerprint density at radius 3 is 2.20 bits per heavy atom. The van der Waals surface area contributed by atoms with E-state index in [1.165, 1.54) is 16.8 Å². The summed E-state index contributed by atoms with van der Waals surface area (Å²) in [6.07, 6.45) is 0. The zero-order valence-corrected chi connectivity index (χ0v) is 17.5. The second-order valence-corrected chi connectivity index (χ2v) is 8.18. The molecule has 1 unspecified atom stereocenters. The van der Waals surface area contributed by atoms with Gasteiger partial charge in [-0.15, -0.1) is 0 Å². The number of urea groups is 1. The number of piperazine rings is 1. The predicted octanol–water partition coefficient (Wildman–Crippen LogP) is 2.32. The van der Waals surface area contributed by atoms with E-state index in [1.54, 1.807) is 31.2 Å². The maximum Gasteiger partial charge on any atom is 0.322 e. The van der Waals surface area contributed by atoms with Crippen molar-refractivity contribution in [3.8, 4) is 0 Å². The van der Waals surface area contributed by atoms with Crippen LogP contribution in [0.25, 0.3) is 0 Å². The van der Waals surface area contributed by atoms with Gasteiger partial charge in [0.05, 0.1) is 0 Å². The Morgan fingerprint density at radius 2 is 1.63 bits per heavy atom. The monoisotopic (exact) mass is 406 g/mol. The SMILES string of the molecule is Cc1ccc(N2CCN(C(=O)c3ccc(C4(C)NC(=O)NC4=O)cc3)CC2)c(C)c1. The lowest BCUT2D eigenvalue weighted by atomic mass is 9.91. The van der Waals surface area contributed by atoms with E-state index in [9.17, 15) is 14.4 Å². The number of benzene rings is 2. The molecule has 0 bridgehead atoms. The quantitative estimate of drug-likeness (QED) is 0.767. The molecule has 156 valence electrons. The molecule has 0 spiro atoms. The first-order valence-corrected chi connectivity index (χ1v) is 10.1. The summed E-state index contributed by atoms with van der Waals surface area (Å²) < 4.78 is 0. The zero-order chi connectivity index (χ0) is 21.5. The van der Waals surface area contributed by atoms with Crippen LogP contribution >= 0.6 is 0 Å². The van der Waals surface area contributed by atoms with Crippen LogP contribution in [-0.4, -0.2) is 48.9 Å². The molecule has 2 saturated heterocycles. The Balaban J connectivity index is 1.42. The van der Waals surface area contributed by atoms with Crippen molar-refractivity contribution in [3.05, 3.63) is 64.7 Å². The van der Waals surface area contributed by atoms with Gasteiger partial charge in [-0.2, -0.15) is 0 Å². The number of imide groups is 1. The minimum atomic E-state index is -1.11. The van der Waals surface area contributed by atoms with Gasteiger partial charge >= 0.3 is 6.03 Å². The van der Waals surface area contributed by atoms with Crippen LogP contribution in [0, 0.1) is 13.8 Å². The Kier molecular flexibility index (Phi) is 4.97. The Bertz CT molecular complexity index is 1010. The summed E-state index contributed by atoms with van der Waals surface area (Å²) in [6, 6.07) is 12.8. The number of hydrogen-bond donors (Lipinski definition) is 2. The summed E-state index contributed by atoms with van der Waals surface area (Å²) in [4.78, 5) is 40.7. The molecule has 30 heavy (non-hydrogen) atoms. The molecule has 2 aliphatic rings. The molecule has 4 amide bonds. The summed E-state index contributed by atoms with van der Waals surface area (Å²) in [5.74, 6) is -0.416. The molecule has 2 heterocycles. The number of anilines is 1. The number of amides is 4. The Labute approximate surface area is 176 Å². The van der Waals surface area contributed by atoms with Crippen LogP contribution in [-0.2, 0) is 10.3 Å². The lowest BCUT2D eigenvalue weighted by Crippen LogP contribution is -2.49. The topological polar surface area (TPSA) is 81.8 Å². The molecular weight excluding hydrogens is 380 g/mol. The fourth-order valence-corrected chi connectivity index (χ4v) is 4.19. The van der Waals surface area contributed by atoms with Gasteiger partial charge in [0.25, 0.3) is 11.8 Å². The van der Waals surface area contributed by atoms with Gasteiger partial charge in [-0.25, -0.2) is 4.79 Å². The van der Waals surface area contributed by atoms with Crippen molar-refractivity contribution in [3.63, 3.8) is 0 Å². The van der Waals surface area contributed by atoms with E-state index in [-0.39, 0.29) is 5.91 Å². The minimum absolute atomic E-state index is 0.0214. The lowest BCUT2D eigenvalue weighted by Gasteiger charge is -2.37. The van der Waals surface area contributed by atoms with E-state index >= 15 is 0 Å². The van der Waals surface area contributed by atoms with Gasteiger partial charge < -0.3 is 15.1 Å². The van der Waals surface area contributed by atoms with Crippen molar-refractivity contribution >= 4 is 23.5 Å². The normalized spacial score (nSPS) is 21.4. The van der Waals surface area contributed by atoms with E-state index in [1.807, 2.05) is 4.90 Å². The second-order valence-electron chi connectivity index (χ2n) is 8.18. The van der Waals surface area contributed by atoms with Gasteiger partial charge in [0.15, 0.2) is 0 Å². The average molecular weight is 406 g/mol. The highest BCUT2D eigenvalue weighted by Crippen LogP contribution is 2.26. The summed E-state index contributed by atoms with van der Waals surface area (Å²) in [5.41, 5.74) is 3.83. The first kappa shape index (κ1) is 19.9. The Hall–Kier alpha value is -3.35. The van der Waals surface area contributed by atoms with Crippen LogP contribution in [0.15, 0.2) is 42.5 Å². The van der Waals surface area contributed by atoms with Gasteiger partial charge in [-0.1, -0.05) is 29.8 Å². The molecule has 2 fully saturated rings. The molecule has 0 radical (unpaired) electrons. The zero-order valence-electron chi connectivity index (χ0n) is 17.5. The molecule has 0 aromatic heterocycles. The summed E-state index contributed by atoms with van der Waals surface area (Å²) >= 11 is 0. The minimum Gasteiger partial charge on any atom is -0.368 e. The van der Waals surface area contributed by atoms with Crippen LogP contribution in [0.4, 0.5) is 10.5 Å². The summed E-state index contributed by atoms with van der Waals surface area (Å²) in [7, 11) is 0. The lowest BCUT2D eigenvalue weighted by molar-refractivity contribution is -0.123. The van der Waals surface area contributed by atoms with Gasteiger partial charge in [0, 0.05) is 37.4 Å². The maximum atomic E-state index is 12.9. The number of hydrogen-bond acceptors (Lipinski definition) is 4. The average Bonchev–Trinajstić information content (AvgIpc) is 3.00. The second kappa shape index (κ2) is 7.48. The highest BCUT2D eigenvalue weighted by atomic mass is 16.2. The third-order valence-electron chi connectivity index (χ3n) is 6.01. The molecule has 2 aromatic carbocycles. The first-order valence-electron chi connectivity index (χ1n) is 10.1. The van der Waals surface area contributed by atoms with Crippen molar-refractivity contribution < 1.29 is 14.4 Å². The summed E-state index contributed by atoms with van der Waals surface area (Å²) in [6.45, 7) is 8.75. The maximum absolute atomic E-state index is 12.9. The molecule has 7 nitrogen and oxygen atoms in total. The van der Waals surface area contributed by atoms with E-state index < -0.39 is 17.5 Å². The molecule has 2 aromatic rings. The Morgan fingerprint density at radius 1 is 0.967 bits per heavy atom. The molecule has 7 heteroatoms. The number of carbonyl (C=O) groups excluding carboxylic acids is 3. The van der Waals surface area contributed by atoms with E-state index in [2.05, 4.69) is 47.6 Å². The molecule has 1 atom stereocenters. The molecule has 0 saturated carbocycles. The van der Waals surface area contributed by atoms with Gasteiger partial charge in [0.1, 0.15) is 5.54 Å². The van der Waals surface area contributed by atoms with Gasteiger partial charge in [-0.3, -0.25) is 14.9 Å².